The molecule has 0 aliphatic heterocycles. The monoisotopic (exact) mass is 514 g/mol. The lowest BCUT2D eigenvalue weighted by Gasteiger charge is -2.29. The maximum atomic E-state index is 13.6. The van der Waals surface area contributed by atoms with Crippen LogP contribution in [-0.4, -0.2) is 36.8 Å². The summed E-state index contributed by atoms with van der Waals surface area (Å²) in [6.45, 7) is 1.68. The molecular formula is C20H20ClFN4O3S3. The molecule has 0 aliphatic rings. The Labute approximate surface area is 199 Å². The number of amides is 1. The maximum Gasteiger partial charge on any atom is 0.250 e. The Morgan fingerprint density at radius 1 is 1.25 bits per heavy atom. The van der Waals surface area contributed by atoms with Gasteiger partial charge in [-0.2, -0.15) is 0 Å². The van der Waals surface area contributed by atoms with Crippen LogP contribution in [0.2, 0.25) is 5.02 Å². The van der Waals surface area contributed by atoms with Crippen LogP contribution in [0.1, 0.15) is 18.9 Å². The highest BCUT2D eigenvalue weighted by Gasteiger charge is 2.32. The van der Waals surface area contributed by atoms with Crippen LogP contribution in [0.4, 0.5) is 15.2 Å². The first-order valence-corrected chi connectivity index (χ1v) is 13.5. The Morgan fingerprint density at radius 2 is 1.97 bits per heavy atom. The average molecular weight is 515 g/mol. The summed E-state index contributed by atoms with van der Waals surface area (Å²) in [4.78, 5) is 13.0. The fraction of sp³-hybridized carbons (Fsp3) is 0.250. The Morgan fingerprint density at radius 3 is 2.59 bits per heavy atom. The van der Waals surface area contributed by atoms with Crippen molar-refractivity contribution in [1.29, 1.82) is 0 Å². The largest absolute Gasteiger partial charge is 0.299 e. The van der Waals surface area contributed by atoms with Crippen LogP contribution in [-0.2, 0) is 20.6 Å². The molecule has 1 aromatic heterocycles. The van der Waals surface area contributed by atoms with Crippen LogP contribution in [0.3, 0.4) is 0 Å². The third-order valence-corrected chi connectivity index (χ3v) is 7.84. The Balaban J connectivity index is 1.75. The van der Waals surface area contributed by atoms with E-state index < -0.39 is 27.8 Å². The molecule has 1 heterocycles. The van der Waals surface area contributed by atoms with Crippen molar-refractivity contribution < 1.29 is 17.6 Å². The highest BCUT2D eigenvalue weighted by molar-refractivity contribution is 8.00. The molecule has 0 saturated heterocycles. The van der Waals surface area contributed by atoms with Crippen LogP contribution in [0.15, 0.2) is 52.9 Å². The first kappa shape index (κ1) is 24.4. The summed E-state index contributed by atoms with van der Waals surface area (Å²) in [5.41, 5.74) is 1.23. The number of rotatable bonds is 9. The quantitative estimate of drug-likeness (QED) is 0.325. The summed E-state index contributed by atoms with van der Waals surface area (Å²) in [6.07, 6.45) is 1.14. The van der Waals surface area contributed by atoms with Gasteiger partial charge in [0.05, 0.1) is 17.0 Å². The number of carbonyl (C=O) groups is 1. The van der Waals surface area contributed by atoms with Gasteiger partial charge in [0.25, 0.3) is 0 Å². The van der Waals surface area contributed by atoms with Crippen LogP contribution in [0.25, 0.3) is 0 Å². The van der Waals surface area contributed by atoms with E-state index in [1.54, 1.807) is 6.92 Å². The fourth-order valence-corrected chi connectivity index (χ4v) is 6.00. The van der Waals surface area contributed by atoms with Crippen molar-refractivity contribution >= 4 is 61.4 Å². The van der Waals surface area contributed by atoms with Gasteiger partial charge in [-0.3, -0.25) is 14.4 Å². The molecule has 0 bridgehead atoms. The number of sulfonamides is 1. The fourth-order valence-electron chi connectivity index (χ4n) is 2.91. The lowest BCUT2D eigenvalue weighted by Crippen LogP contribution is -2.47. The second-order valence-corrected chi connectivity index (χ2v) is 11.2. The van der Waals surface area contributed by atoms with Crippen LogP contribution < -0.4 is 9.62 Å². The predicted molar refractivity (Wildman–Crippen MR) is 127 cm³/mol. The van der Waals surface area contributed by atoms with Gasteiger partial charge in [0, 0.05) is 5.75 Å². The molecule has 0 unspecified atom stereocenters. The molecule has 1 N–H and O–H groups in total. The molecule has 1 atom stereocenters. The van der Waals surface area contributed by atoms with Gasteiger partial charge in [-0.1, -0.05) is 72.0 Å². The van der Waals surface area contributed by atoms with Crippen molar-refractivity contribution in [1.82, 2.24) is 10.2 Å². The normalized spacial score (nSPS) is 12.4. The minimum Gasteiger partial charge on any atom is -0.299 e. The van der Waals surface area contributed by atoms with E-state index in [9.17, 15) is 17.6 Å². The second kappa shape index (κ2) is 10.6. The molecule has 2 aromatic carbocycles. The second-order valence-electron chi connectivity index (χ2n) is 6.72. The molecule has 12 heteroatoms. The molecule has 170 valence electrons. The SMILES string of the molecule is CC[C@@H](C(=O)Nc1nnc(SCc2ccccc2)s1)N(c1ccc(F)c(Cl)c1)S(C)(=O)=O. The van der Waals surface area contributed by atoms with E-state index in [0.29, 0.717) is 10.1 Å². The number of carbonyl (C=O) groups excluding carboxylic acids is 1. The zero-order chi connectivity index (χ0) is 23.3. The zero-order valence-electron chi connectivity index (χ0n) is 17.2. The van der Waals surface area contributed by atoms with Gasteiger partial charge in [0.15, 0.2) is 4.34 Å². The summed E-state index contributed by atoms with van der Waals surface area (Å²) in [5.74, 6) is -0.557. The van der Waals surface area contributed by atoms with Crippen molar-refractivity contribution in [2.24, 2.45) is 0 Å². The minimum absolute atomic E-state index is 0.0947. The number of hydrogen-bond acceptors (Lipinski definition) is 7. The smallest absolute Gasteiger partial charge is 0.250 e. The highest BCUT2D eigenvalue weighted by Crippen LogP contribution is 2.30. The van der Waals surface area contributed by atoms with Gasteiger partial charge < -0.3 is 0 Å². The summed E-state index contributed by atoms with van der Waals surface area (Å²) < 4.78 is 40.1. The molecule has 7 nitrogen and oxygen atoms in total. The summed E-state index contributed by atoms with van der Waals surface area (Å²) in [7, 11) is -3.88. The zero-order valence-corrected chi connectivity index (χ0v) is 20.4. The molecular weight excluding hydrogens is 495 g/mol. The van der Waals surface area contributed by atoms with Crippen LogP contribution in [0.5, 0.6) is 0 Å². The van der Waals surface area contributed by atoms with Crippen molar-refractivity contribution in [3.8, 4) is 0 Å². The number of anilines is 2. The number of nitrogens with zero attached hydrogens (tertiary/aromatic N) is 3. The molecule has 0 saturated carbocycles. The lowest BCUT2D eigenvalue weighted by molar-refractivity contribution is -0.117. The summed E-state index contributed by atoms with van der Waals surface area (Å²) in [5, 5.41) is 10.7. The van der Waals surface area contributed by atoms with Gasteiger partial charge in [-0.15, -0.1) is 10.2 Å². The first-order valence-electron chi connectivity index (χ1n) is 9.44. The Hall–Kier alpha value is -2.21. The number of halogens is 2. The topological polar surface area (TPSA) is 92.3 Å². The molecule has 32 heavy (non-hydrogen) atoms. The minimum atomic E-state index is -3.88. The molecule has 0 aliphatic carbocycles. The molecule has 0 radical (unpaired) electrons. The van der Waals surface area contributed by atoms with E-state index >= 15 is 0 Å². The highest BCUT2D eigenvalue weighted by atomic mass is 35.5. The molecule has 0 spiro atoms. The number of aromatic nitrogens is 2. The Kier molecular flexibility index (Phi) is 8.10. The van der Waals surface area contributed by atoms with E-state index in [4.69, 9.17) is 11.6 Å². The molecule has 0 fully saturated rings. The maximum absolute atomic E-state index is 13.6. The number of nitrogens with one attached hydrogen (secondary N) is 1. The number of hydrogen-bond donors (Lipinski definition) is 1. The van der Waals surface area contributed by atoms with E-state index in [2.05, 4.69) is 15.5 Å². The standard InChI is InChI=1S/C20H20ClFN4O3S3/c1-3-17(26(32(2,28)29)14-9-10-16(22)15(21)11-14)18(27)23-19-24-25-20(31-19)30-12-13-7-5-4-6-8-13/h4-11,17H,3,12H2,1-2H3,(H,23,24,27)/t17-/m0/s1. The molecule has 3 aromatic rings. The predicted octanol–water partition coefficient (Wildman–Crippen LogP) is 4.81. The summed E-state index contributed by atoms with van der Waals surface area (Å²) >= 11 is 8.51. The molecule has 1 amide bonds. The van der Waals surface area contributed by atoms with E-state index in [-0.39, 0.29) is 22.3 Å². The van der Waals surface area contributed by atoms with Crippen molar-refractivity contribution in [3.05, 3.63) is 64.9 Å². The summed E-state index contributed by atoms with van der Waals surface area (Å²) in [6, 6.07) is 12.3. The van der Waals surface area contributed by atoms with Crippen molar-refractivity contribution in [2.75, 3.05) is 15.9 Å². The van der Waals surface area contributed by atoms with E-state index in [0.717, 1.165) is 22.2 Å². The van der Waals surface area contributed by atoms with Crippen molar-refractivity contribution in [2.45, 2.75) is 29.5 Å². The first-order chi connectivity index (χ1) is 15.2. The van der Waals surface area contributed by atoms with E-state index in [1.165, 1.54) is 35.2 Å². The number of thioether (sulfide) groups is 1. The lowest BCUT2D eigenvalue weighted by atomic mass is 10.2. The number of benzene rings is 2. The van der Waals surface area contributed by atoms with Gasteiger partial charge in [-0.05, 0) is 30.2 Å². The van der Waals surface area contributed by atoms with E-state index in [1.807, 2.05) is 30.3 Å². The Bertz CT molecular complexity index is 1190. The average Bonchev–Trinajstić information content (AvgIpc) is 3.19. The van der Waals surface area contributed by atoms with Gasteiger partial charge in [0.1, 0.15) is 11.9 Å². The third-order valence-electron chi connectivity index (χ3n) is 4.33. The van der Waals surface area contributed by atoms with Gasteiger partial charge in [0.2, 0.25) is 21.1 Å². The van der Waals surface area contributed by atoms with Gasteiger partial charge >= 0.3 is 0 Å². The van der Waals surface area contributed by atoms with Crippen LogP contribution >= 0.6 is 34.7 Å². The molecule has 3 rings (SSSR count). The third kappa shape index (κ3) is 6.18. The van der Waals surface area contributed by atoms with Crippen molar-refractivity contribution in [3.63, 3.8) is 0 Å². The van der Waals surface area contributed by atoms with Gasteiger partial charge in [-0.25, -0.2) is 12.8 Å². The van der Waals surface area contributed by atoms with Crippen LogP contribution in [0, 0.1) is 5.82 Å².